The molecule has 0 radical (unpaired) electrons. The lowest BCUT2D eigenvalue weighted by Gasteiger charge is -2.25. The van der Waals surface area contributed by atoms with E-state index in [1.165, 1.54) is 37.1 Å². The number of rotatable bonds is 9. The van der Waals surface area contributed by atoms with Gasteiger partial charge in [-0.2, -0.15) is 0 Å². The lowest BCUT2D eigenvalue weighted by Crippen LogP contribution is -2.43. The fourth-order valence-electron chi connectivity index (χ4n) is 3.33. The van der Waals surface area contributed by atoms with Crippen LogP contribution in [-0.4, -0.2) is 42.8 Å². The van der Waals surface area contributed by atoms with E-state index in [-0.39, 0.29) is 24.1 Å². The highest BCUT2D eigenvalue weighted by Gasteiger charge is 2.31. The third kappa shape index (κ3) is 8.17. The molecule has 0 saturated carbocycles. The minimum Gasteiger partial charge on any atom is -0.406 e. The number of hydrogen-bond acceptors (Lipinski definition) is 3. The first-order valence-electron chi connectivity index (χ1n) is 9.42. The highest BCUT2D eigenvalue weighted by molar-refractivity contribution is 5.79. The second kappa shape index (κ2) is 10.3. The first-order chi connectivity index (χ1) is 13.2. The van der Waals surface area contributed by atoms with Crippen molar-refractivity contribution in [2.45, 2.75) is 45.0 Å². The predicted molar refractivity (Wildman–Crippen MR) is 103 cm³/mol. The molecule has 7 heteroatoms. The highest BCUT2D eigenvalue weighted by atomic mass is 19.4. The van der Waals surface area contributed by atoms with E-state index >= 15 is 0 Å². The standard InChI is InChI=1S/C21H27F3N2O2/c1-3-6-16(2)13-18(15-26-11-4-5-12-26)25-20(27)14-17-7-9-19(10-8-17)28-21(22,23)24/h3,6-10,18H,2,4-5,11-15H2,1H3,(H,25,27)/b6-3-/t18-/m0/s1. The van der Waals surface area contributed by atoms with E-state index in [9.17, 15) is 18.0 Å². The van der Waals surface area contributed by atoms with E-state index < -0.39 is 6.36 Å². The van der Waals surface area contributed by atoms with Gasteiger partial charge in [-0.05, 0) is 57.0 Å². The molecular weight excluding hydrogens is 369 g/mol. The number of benzene rings is 1. The van der Waals surface area contributed by atoms with Crippen LogP contribution in [0.2, 0.25) is 0 Å². The minimum atomic E-state index is -4.73. The summed E-state index contributed by atoms with van der Waals surface area (Å²) >= 11 is 0. The molecule has 0 bridgehead atoms. The Hall–Kier alpha value is -2.28. The molecule has 1 heterocycles. The van der Waals surface area contributed by atoms with Crippen molar-refractivity contribution in [1.29, 1.82) is 0 Å². The SMILES string of the molecule is C=C(/C=C\C)C[C@@H](CN1CCCC1)NC(=O)Cc1ccc(OC(F)(F)F)cc1. The maximum atomic E-state index is 12.5. The Balaban J connectivity index is 1.92. The van der Waals surface area contributed by atoms with E-state index in [4.69, 9.17) is 0 Å². The van der Waals surface area contributed by atoms with Crippen LogP contribution in [0.1, 0.15) is 31.7 Å². The summed E-state index contributed by atoms with van der Waals surface area (Å²) in [5.41, 5.74) is 1.57. The van der Waals surface area contributed by atoms with Gasteiger partial charge in [-0.25, -0.2) is 0 Å². The normalized spacial score (nSPS) is 16.3. The highest BCUT2D eigenvalue weighted by Crippen LogP contribution is 2.23. The van der Waals surface area contributed by atoms with Crippen LogP contribution in [0, 0.1) is 0 Å². The summed E-state index contributed by atoms with van der Waals surface area (Å²) in [6, 6.07) is 5.31. The molecule has 4 nitrogen and oxygen atoms in total. The number of allylic oxidation sites excluding steroid dienone is 2. The molecule has 1 saturated heterocycles. The average molecular weight is 396 g/mol. The molecule has 1 aliphatic rings. The molecule has 1 fully saturated rings. The van der Waals surface area contributed by atoms with Crippen LogP contribution in [0.3, 0.4) is 0 Å². The summed E-state index contributed by atoms with van der Waals surface area (Å²) in [4.78, 5) is 14.8. The molecule has 1 atom stereocenters. The van der Waals surface area contributed by atoms with Gasteiger partial charge in [0.15, 0.2) is 0 Å². The number of ether oxygens (including phenoxy) is 1. The van der Waals surface area contributed by atoms with Gasteiger partial charge in [-0.15, -0.1) is 13.2 Å². The second-order valence-electron chi connectivity index (χ2n) is 7.00. The van der Waals surface area contributed by atoms with Crippen LogP contribution in [0.15, 0.2) is 48.6 Å². The molecule has 2 rings (SSSR count). The second-order valence-corrected chi connectivity index (χ2v) is 7.00. The molecule has 0 aliphatic carbocycles. The Morgan fingerprint density at radius 1 is 1.29 bits per heavy atom. The summed E-state index contributed by atoms with van der Waals surface area (Å²) < 4.78 is 40.5. The van der Waals surface area contributed by atoms with E-state index in [1.54, 1.807) is 0 Å². The molecule has 154 valence electrons. The molecule has 0 spiro atoms. The zero-order valence-corrected chi connectivity index (χ0v) is 16.1. The number of nitrogens with zero attached hydrogens (tertiary/aromatic N) is 1. The molecule has 1 N–H and O–H groups in total. The van der Waals surface area contributed by atoms with E-state index in [2.05, 4.69) is 21.5 Å². The van der Waals surface area contributed by atoms with Crippen LogP contribution in [0.25, 0.3) is 0 Å². The monoisotopic (exact) mass is 396 g/mol. The largest absolute Gasteiger partial charge is 0.573 e. The van der Waals surface area contributed by atoms with Gasteiger partial charge in [0.05, 0.1) is 6.42 Å². The van der Waals surface area contributed by atoms with Gasteiger partial charge in [0.1, 0.15) is 5.75 Å². The van der Waals surface area contributed by atoms with Crippen LogP contribution < -0.4 is 10.1 Å². The van der Waals surface area contributed by atoms with Crippen molar-refractivity contribution in [2.24, 2.45) is 0 Å². The third-order valence-corrected chi connectivity index (χ3v) is 4.47. The Morgan fingerprint density at radius 2 is 1.93 bits per heavy atom. The zero-order valence-electron chi connectivity index (χ0n) is 16.1. The van der Waals surface area contributed by atoms with Gasteiger partial charge in [0.25, 0.3) is 0 Å². The fourth-order valence-corrected chi connectivity index (χ4v) is 3.33. The number of carbonyl (C=O) groups is 1. The van der Waals surface area contributed by atoms with Crippen molar-refractivity contribution in [2.75, 3.05) is 19.6 Å². The van der Waals surface area contributed by atoms with Gasteiger partial charge in [-0.3, -0.25) is 4.79 Å². The van der Waals surface area contributed by atoms with Crippen molar-refractivity contribution in [1.82, 2.24) is 10.2 Å². The smallest absolute Gasteiger partial charge is 0.406 e. The molecule has 1 aliphatic heterocycles. The van der Waals surface area contributed by atoms with Crippen molar-refractivity contribution < 1.29 is 22.7 Å². The quantitative estimate of drug-likeness (QED) is 0.635. The van der Waals surface area contributed by atoms with Gasteiger partial charge in [0, 0.05) is 12.6 Å². The third-order valence-electron chi connectivity index (χ3n) is 4.47. The summed E-state index contributed by atoms with van der Waals surface area (Å²) in [5.74, 6) is -0.465. The van der Waals surface area contributed by atoms with E-state index in [0.29, 0.717) is 12.0 Å². The first-order valence-corrected chi connectivity index (χ1v) is 9.42. The Morgan fingerprint density at radius 3 is 2.50 bits per heavy atom. The number of halogens is 3. The molecule has 28 heavy (non-hydrogen) atoms. The average Bonchev–Trinajstić information content (AvgIpc) is 3.08. The lowest BCUT2D eigenvalue weighted by molar-refractivity contribution is -0.274. The Labute approximate surface area is 164 Å². The maximum absolute atomic E-state index is 12.5. The number of hydrogen-bond donors (Lipinski definition) is 1. The van der Waals surface area contributed by atoms with Gasteiger partial charge < -0.3 is 15.0 Å². The Bertz CT molecular complexity index is 678. The topological polar surface area (TPSA) is 41.6 Å². The molecule has 0 unspecified atom stereocenters. The van der Waals surface area contributed by atoms with E-state index in [0.717, 1.165) is 25.2 Å². The van der Waals surface area contributed by atoms with Gasteiger partial charge in [0.2, 0.25) is 5.91 Å². The Kier molecular flexibility index (Phi) is 8.11. The molecule has 0 aromatic heterocycles. The van der Waals surface area contributed by atoms with Crippen molar-refractivity contribution in [3.8, 4) is 5.75 Å². The van der Waals surface area contributed by atoms with Crippen LogP contribution in [-0.2, 0) is 11.2 Å². The van der Waals surface area contributed by atoms with Crippen molar-refractivity contribution >= 4 is 5.91 Å². The maximum Gasteiger partial charge on any atom is 0.573 e. The summed E-state index contributed by atoms with van der Waals surface area (Å²) in [5, 5.41) is 3.05. The number of likely N-dealkylation sites (tertiary alicyclic amines) is 1. The van der Waals surface area contributed by atoms with Crippen molar-refractivity contribution in [3.63, 3.8) is 0 Å². The van der Waals surface area contributed by atoms with E-state index in [1.807, 2.05) is 19.1 Å². The summed E-state index contributed by atoms with van der Waals surface area (Å²) in [6.45, 7) is 8.77. The summed E-state index contributed by atoms with van der Waals surface area (Å²) in [6.07, 6.45) is 2.22. The molecule has 1 amide bonds. The van der Waals surface area contributed by atoms with Gasteiger partial charge in [-0.1, -0.05) is 36.4 Å². The van der Waals surface area contributed by atoms with Gasteiger partial charge >= 0.3 is 6.36 Å². The molecular formula is C21H27F3N2O2. The van der Waals surface area contributed by atoms with Crippen LogP contribution in [0.4, 0.5) is 13.2 Å². The summed E-state index contributed by atoms with van der Waals surface area (Å²) in [7, 11) is 0. The number of carbonyl (C=O) groups excluding carboxylic acids is 1. The molecule has 1 aromatic rings. The minimum absolute atomic E-state index is 0.0536. The van der Waals surface area contributed by atoms with Crippen molar-refractivity contribution in [3.05, 3.63) is 54.1 Å². The molecule has 1 aromatic carbocycles. The first kappa shape index (κ1) is 22.0. The zero-order chi connectivity index (χ0) is 20.6. The fraction of sp³-hybridized carbons (Fsp3) is 0.476. The lowest BCUT2D eigenvalue weighted by atomic mass is 10.1. The number of nitrogens with one attached hydrogen (secondary N) is 1. The predicted octanol–water partition coefficient (Wildman–Crippen LogP) is 4.23. The van der Waals surface area contributed by atoms with Crippen LogP contribution in [0.5, 0.6) is 5.75 Å². The number of amides is 1. The van der Waals surface area contributed by atoms with Crippen LogP contribution >= 0.6 is 0 Å². The number of alkyl halides is 3.